The van der Waals surface area contributed by atoms with Crippen molar-refractivity contribution in [1.29, 1.82) is 0 Å². The third kappa shape index (κ3) is 13.1. The molecule has 4 atom stereocenters. The predicted octanol–water partition coefficient (Wildman–Crippen LogP) is 5.93. The molecule has 3 aliphatic rings. The molecule has 3 aliphatic heterocycles. The predicted molar refractivity (Wildman–Crippen MR) is 284 cm³/mol. The molecule has 0 spiro atoms. The summed E-state index contributed by atoms with van der Waals surface area (Å²) >= 11 is 0. The third-order valence-corrected chi connectivity index (χ3v) is 15.2. The molecule has 0 radical (unpaired) electrons. The molecule has 0 aliphatic carbocycles. The molecule has 18 heteroatoms. The van der Waals surface area contributed by atoms with Crippen molar-refractivity contribution in [2.24, 2.45) is 11.3 Å². The van der Waals surface area contributed by atoms with Crippen LogP contribution in [0, 0.1) is 23.2 Å². The van der Waals surface area contributed by atoms with Gasteiger partial charge in [-0.3, -0.25) is 38.9 Å². The fourth-order valence-electron chi connectivity index (χ4n) is 10.1. The van der Waals surface area contributed by atoms with E-state index >= 15 is 4.39 Å². The van der Waals surface area contributed by atoms with Gasteiger partial charge >= 0.3 is 5.97 Å². The number of nitrogens with one attached hydrogen (secondary N) is 2. The minimum atomic E-state index is -2.30. The average molecular weight is 1030 g/mol. The second-order valence-electron chi connectivity index (χ2n) is 22.0. The lowest BCUT2D eigenvalue weighted by Crippen LogP contribution is -2.62. The van der Waals surface area contributed by atoms with E-state index in [4.69, 9.17) is 19.2 Å². The summed E-state index contributed by atoms with van der Waals surface area (Å²) in [6.07, 6.45) is 2.78. The Kier molecular flexibility index (Phi) is 19.0. The van der Waals surface area contributed by atoms with Gasteiger partial charge in [0.05, 0.1) is 42.9 Å². The van der Waals surface area contributed by atoms with Gasteiger partial charge < -0.3 is 38.8 Å². The van der Waals surface area contributed by atoms with Crippen molar-refractivity contribution >= 4 is 46.2 Å². The van der Waals surface area contributed by atoms with Crippen LogP contribution in [0.1, 0.15) is 112 Å². The number of anilines is 1. The van der Waals surface area contributed by atoms with E-state index in [2.05, 4.69) is 77.1 Å². The number of halogens is 1. The number of pyridine rings is 1. The normalized spacial score (nSPS) is 18.6. The monoisotopic (exact) mass is 1030 g/mol. The number of likely N-dealkylation sites (N-methyl/N-ethyl adjacent to an activating group) is 1. The number of methoxy groups -OCH3 is 1. The maximum absolute atomic E-state index is 16.5. The molecule has 6 rings (SSSR count). The molecule has 17 nitrogen and oxygen atoms in total. The van der Waals surface area contributed by atoms with Crippen LogP contribution in [0.2, 0.25) is 0 Å². The van der Waals surface area contributed by atoms with E-state index in [1.165, 1.54) is 17.0 Å². The van der Waals surface area contributed by atoms with Gasteiger partial charge in [0.25, 0.3) is 17.7 Å². The maximum atomic E-state index is 16.5. The number of aromatic nitrogens is 2. The zero-order chi connectivity index (χ0) is 54.3. The van der Waals surface area contributed by atoms with Crippen LogP contribution in [0.3, 0.4) is 0 Å². The van der Waals surface area contributed by atoms with E-state index in [-0.39, 0.29) is 45.1 Å². The van der Waals surface area contributed by atoms with Crippen LogP contribution in [0.5, 0.6) is 0 Å². The van der Waals surface area contributed by atoms with Crippen LogP contribution in [-0.4, -0.2) is 169 Å². The molecular formula is C56H82FN9O8. The molecule has 5 heterocycles. The van der Waals surface area contributed by atoms with Crippen molar-refractivity contribution in [2.75, 3.05) is 85.7 Å². The number of piperidine rings is 1. The molecular weight excluding hydrogens is 946 g/mol. The number of esters is 1. The number of rotatable bonds is 18. The number of ether oxygens (including phenoxy) is 3. The Balaban J connectivity index is 1.11. The Morgan fingerprint density at radius 3 is 2.31 bits per heavy atom. The summed E-state index contributed by atoms with van der Waals surface area (Å²) < 4.78 is 36.4. The molecule has 406 valence electrons. The van der Waals surface area contributed by atoms with Crippen LogP contribution in [0.15, 0.2) is 36.5 Å². The first-order chi connectivity index (χ1) is 35.0. The summed E-state index contributed by atoms with van der Waals surface area (Å²) in [5.74, 6) is 2.37. The molecule has 0 bridgehead atoms. The summed E-state index contributed by atoms with van der Waals surface area (Å²) in [7, 11) is 6.81. The Morgan fingerprint density at radius 2 is 1.69 bits per heavy atom. The van der Waals surface area contributed by atoms with Crippen LogP contribution in [0.4, 0.5) is 10.1 Å². The van der Waals surface area contributed by atoms with E-state index in [0.29, 0.717) is 45.6 Å². The third-order valence-electron chi connectivity index (χ3n) is 15.2. The molecule has 0 unspecified atom stereocenters. The summed E-state index contributed by atoms with van der Waals surface area (Å²) in [4.78, 5) is 80.6. The number of benzene rings is 1. The number of hydrogen-bond donors (Lipinski definition) is 2. The van der Waals surface area contributed by atoms with Crippen LogP contribution >= 0.6 is 0 Å². The quantitative estimate of drug-likeness (QED) is 0.114. The average Bonchev–Trinajstić information content (AvgIpc) is 3.69. The van der Waals surface area contributed by atoms with Gasteiger partial charge in [0.1, 0.15) is 18.1 Å². The maximum Gasteiger partial charge on any atom is 0.324 e. The van der Waals surface area contributed by atoms with E-state index < -0.39 is 70.3 Å². The molecule has 0 saturated carbocycles. The van der Waals surface area contributed by atoms with Crippen molar-refractivity contribution in [2.45, 2.75) is 143 Å². The van der Waals surface area contributed by atoms with Crippen molar-refractivity contribution in [3.8, 4) is 23.1 Å². The molecule has 3 fully saturated rings. The first-order valence-electron chi connectivity index (χ1n) is 26.4. The first-order valence-corrected chi connectivity index (χ1v) is 26.4. The Hall–Kier alpha value is -5.61. The van der Waals surface area contributed by atoms with E-state index in [1.807, 2.05) is 45.8 Å². The van der Waals surface area contributed by atoms with Crippen LogP contribution < -0.4 is 15.6 Å². The fraction of sp³-hybridized carbons (Fsp3) is 0.643. The zero-order valence-corrected chi connectivity index (χ0v) is 46.2. The minimum Gasteiger partial charge on any atom is -0.464 e. The number of carbonyl (C=O) groups excluding carboxylic acids is 5. The highest BCUT2D eigenvalue weighted by Crippen LogP contribution is 2.42. The standard InChI is InChI=1S/C56H82FN9O8/c1-14-43(59-50(68)48(37(3)4)62(12)53(71)56(57)24-28-64(29-25-56)46(67)22-23-55(8,9)61(10)11)51(69)66-27-17-19-44(60-66)52(70)74-36-54(6,7)35-42-41-34-39(63-30-32-73-33-31-63)20-21-45(41)65(15-2)49(42)40-18-16-26-58-47(40)38(5)72-13/h16,18,20-21,26,34,37-38,43-44,48,60H,14-15,17,19,24-25,27-33,35-36H2,1-13H3,(H,59,68)/t38-,43-,44-,48-/m0/s1. The summed E-state index contributed by atoms with van der Waals surface area (Å²) in [6, 6.07) is 7.78. The number of nitrogens with zero attached hydrogens (tertiary/aromatic N) is 7. The van der Waals surface area contributed by atoms with E-state index in [9.17, 15) is 24.0 Å². The second-order valence-corrected chi connectivity index (χ2v) is 22.0. The number of aryl methyl sites for hydroxylation is 1. The smallest absolute Gasteiger partial charge is 0.324 e. The number of fused-ring (bicyclic) bond motifs is 1. The van der Waals surface area contributed by atoms with Crippen molar-refractivity contribution in [3.63, 3.8) is 0 Å². The number of amides is 4. The Bertz CT molecular complexity index is 2550. The van der Waals surface area contributed by atoms with Gasteiger partial charge in [0, 0.05) is 100 Å². The number of morpholine rings is 1. The number of hydrazine groups is 1. The van der Waals surface area contributed by atoms with Gasteiger partial charge in [0.2, 0.25) is 5.91 Å². The Labute approximate surface area is 438 Å². The highest BCUT2D eigenvalue weighted by atomic mass is 19.1. The minimum absolute atomic E-state index is 0.00243. The zero-order valence-electron chi connectivity index (χ0n) is 46.2. The van der Waals surface area contributed by atoms with Gasteiger partial charge in [-0.1, -0.05) is 40.5 Å². The molecule has 2 N–H and O–H groups in total. The van der Waals surface area contributed by atoms with Crippen LogP contribution in [0.25, 0.3) is 22.2 Å². The van der Waals surface area contributed by atoms with E-state index in [1.54, 1.807) is 34.1 Å². The van der Waals surface area contributed by atoms with Gasteiger partial charge in [-0.2, -0.15) is 0 Å². The molecule has 1 aromatic carbocycles. The lowest BCUT2D eigenvalue weighted by molar-refractivity contribution is -0.156. The molecule has 3 aromatic rings. The van der Waals surface area contributed by atoms with Crippen molar-refractivity contribution in [1.82, 2.24) is 40.0 Å². The molecule has 3 saturated heterocycles. The summed E-state index contributed by atoms with van der Waals surface area (Å²) in [6.45, 7) is 21.4. The van der Waals surface area contributed by atoms with Gasteiger partial charge in [-0.15, -0.1) is 0 Å². The van der Waals surface area contributed by atoms with E-state index in [0.717, 1.165) is 57.1 Å². The molecule has 74 heavy (non-hydrogen) atoms. The number of carbonyl (C=O) groups is 5. The molecule has 2 aromatic heterocycles. The highest BCUT2D eigenvalue weighted by molar-refractivity contribution is 5.97. The fourth-order valence-corrected chi connectivity index (χ4v) is 10.1. The van der Waals surface area contributed by atoms with Crippen molar-refractivity contribution in [3.05, 3.63) is 47.8 Å². The van der Waals surface area contributed by atoms with Crippen LogP contribution in [-0.2, 0) is 51.1 Å². The summed E-state index contributed by atoms with van der Waals surface area (Å²) in [5, 5.41) is 5.33. The lowest BCUT2D eigenvalue weighted by Gasteiger charge is -2.40. The largest absolute Gasteiger partial charge is 0.464 e. The SMILES string of the molecule is CC[C@H](NC(=O)[C@H](C(C)C)N(C)C(=O)C1(F)CCN(C(=O)C#CC(C)(C)N(C)C)CC1)C(=O)N1CCC[C@@H](C(=O)OCC(C)(C)Cc2c(-c3cccnc3[C@H](C)OC)n(CC)c3ccc(N4CCOCC4)cc23)N1. The molecule has 4 amide bonds. The lowest BCUT2D eigenvalue weighted by atomic mass is 9.84. The Morgan fingerprint density at radius 1 is 1.00 bits per heavy atom. The van der Waals surface area contributed by atoms with Gasteiger partial charge in [-0.25, -0.2) is 9.82 Å². The second kappa shape index (κ2) is 24.4. The summed E-state index contributed by atoms with van der Waals surface area (Å²) in [5.41, 5.74) is 5.92. The number of alkyl halides is 1. The van der Waals surface area contributed by atoms with Gasteiger partial charge in [-0.05, 0) is 115 Å². The van der Waals surface area contributed by atoms with Gasteiger partial charge in [0.15, 0.2) is 5.67 Å². The number of hydrogen-bond acceptors (Lipinski definition) is 12. The topological polar surface area (TPSA) is 171 Å². The van der Waals surface area contributed by atoms with Crippen molar-refractivity contribution < 1.29 is 42.6 Å². The highest BCUT2D eigenvalue weighted by Gasteiger charge is 2.47. The number of likely N-dealkylation sites (tertiary alicyclic amines) is 1. The first kappa shape index (κ1) is 57.7.